The van der Waals surface area contributed by atoms with E-state index in [0.29, 0.717) is 5.69 Å². The molecular formula is C21H17N3O2S2. The second-order valence-corrected chi connectivity index (χ2v) is 8.81. The Morgan fingerprint density at radius 1 is 0.857 bits per heavy atom. The molecular weight excluding hydrogens is 390 g/mol. The molecule has 0 amide bonds. The zero-order valence-electron chi connectivity index (χ0n) is 15.0. The van der Waals surface area contributed by atoms with E-state index in [-0.39, 0.29) is 4.90 Å². The molecule has 4 aromatic rings. The number of pyridine rings is 1. The highest BCUT2D eigenvalue weighted by Gasteiger charge is 2.14. The maximum Gasteiger partial charge on any atom is 0.261 e. The largest absolute Gasteiger partial charge is 0.280 e. The second-order valence-electron chi connectivity index (χ2n) is 6.27. The van der Waals surface area contributed by atoms with Gasteiger partial charge in [0.1, 0.15) is 5.01 Å². The van der Waals surface area contributed by atoms with E-state index in [4.69, 9.17) is 0 Å². The Hall–Kier alpha value is -3.03. The summed E-state index contributed by atoms with van der Waals surface area (Å²) in [5, 5.41) is 2.91. The summed E-state index contributed by atoms with van der Waals surface area (Å²) >= 11 is 1.56. The first-order chi connectivity index (χ1) is 13.5. The predicted octanol–water partition coefficient (Wildman–Crippen LogP) is 4.98. The van der Waals surface area contributed by atoms with E-state index in [1.54, 1.807) is 60.1 Å². The van der Waals surface area contributed by atoms with E-state index in [2.05, 4.69) is 14.7 Å². The number of nitrogens with zero attached hydrogens (tertiary/aromatic N) is 2. The lowest BCUT2D eigenvalue weighted by Crippen LogP contribution is -2.12. The number of hydrogen-bond acceptors (Lipinski definition) is 5. The Bertz CT molecular complexity index is 1180. The fourth-order valence-corrected chi connectivity index (χ4v) is 4.57. The van der Waals surface area contributed by atoms with Gasteiger partial charge in [0.05, 0.1) is 10.6 Å². The van der Waals surface area contributed by atoms with E-state index in [1.165, 1.54) is 0 Å². The van der Waals surface area contributed by atoms with Crippen LogP contribution in [0.1, 0.15) is 5.56 Å². The molecule has 0 spiro atoms. The first-order valence-electron chi connectivity index (χ1n) is 8.57. The molecule has 0 saturated carbocycles. The highest BCUT2D eigenvalue weighted by Crippen LogP contribution is 2.29. The van der Waals surface area contributed by atoms with Crippen molar-refractivity contribution in [3.63, 3.8) is 0 Å². The summed E-state index contributed by atoms with van der Waals surface area (Å²) in [5.41, 5.74) is 4.32. The Morgan fingerprint density at radius 2 is 1.54 bits per heavy atom. The number of sulfonamides is 1. The van der Waals surface area contributed by atoms with E-state index in [1.807, 2.05) is 36.6 Å². The summed E-state index contributed by atoms with van der Waals surface area (Å²) in [6, 6.07) is 17.8. The first-order valence-corrected chi connectivity index (χ1v) is 10.9. The Labute approximate surface area is 167 Å². The normalized spacial score (nSPS) is 11.3. The van der Waals surface area contributed by atoms with Gasteiger partial charge in [0.2, 0.25) is 0 Å². The van der Waals surface area contributed by atoms with Crippen molar-refractivity contribution in [2.24, 2.45) is 0 Å². The zero-order valence-corrected chi connectivity index (χ0v) is 16.7. The monoisotopic (exact) mass is 407 g/mol. The molecule has 0 aliphatic carbocycles. The summed E-state index contributed by atoms with van der Waals surface area (Å²) in [5.74, 6) is 0. The first kappa shape index (κ1) is 18.3. The molecule has 0 saturated heterocycles. The minimum absolute atomic E-state index is 0.240. The van der Waals surface area contributed by atoms with Gasteiger partial charge >= 0.3 is 0 Å². The number of aryl methyl sites for hydroxylation is 1. The predicted molar refractivity (Wildman–Crippen MR) is 113 cm³/mol. The smallest absolute Gasteiger partial charge is 0.261 e. The molecule has 0 atom stereocenters. The summed E-state index contributed by atoms with van der Waals surface area (Å²) in [7, 11) is -3.61. The maximum absolute atomic E-state index is 12.5. The summed E-state index contributed by atoms with van der Waals surface area (Å²) in [6.45, 7) is 1.92. The van der Waals surface area contributed by atoms with E-state index in [0.717, 1.165) is 27.4 Å². The van der Waals surface area contributed by atoms with Crippen LogP contribution in [0.4, 0.5) is 5.69 Å². The number of nitrogens with one attached hydrogen (secondary N) is 1. The van der Waals surface area contributed by atoms with Gasteiger partial charge < -0.3 is 0 Å². The van der Waals surface area contributed by atoms with Gasteiger partial charge in [-0.3, -0.25) is 9.71 Å². The third-order valence-corrected chi connectivity index (χ3v) is 6.48. The fourth-order valence-electron chi connectivity index (χ4n) is 2.67. The number of thiazole rings is 1. The van der Waals surface area contributed by atoms with Crippen molar-refractivity contribution in [3.8, 4) is 21.8 Å². The minimum Gasteiger partial charge on any atom is -0.280 e. The van der Waals surface area contributed by atoms with E-state index >= 15 is 0 Å². The van der Waals surface area contributed by atoms with Crippen LogP contribution in [0.25, 0.3) is 21.8 Å². The van der Waals surface area contributed by atoms with Gasteiger partial charge in [-0.05, 0) is 43.3 Å². The Balaban J connectivity index is 1.53. The SMILES string of the molecule is Cc1ccc(S(=O)(=O)Nc2ccc(-c3csc(-c4ccncc4)n3)cc2)cc1. The molecule has 4 rings (SSSR count). The van der Waals surface area contributed by atoms with Gasteiger partial charge in [-0.2, -0.15) is 0 Å². The lowest BCUT2D eigenvalue weighted by atomic mass is 10.1. The zero-order chi connectivity index (χ0) is 19.6. The molecule has 0 bridgehead atoms. The highest BCUT2D eigenvalue weighted by molar-refractivity contribution is 7.92. The second kappa shape index (κ2) is 7.53. The van der Waals surface area contributed by atoms with Crippen molar-refractivity contribution < 1.29 is 8.42 Å². The van der Waals surface area contributed by atoms with Crippen molar-refractivity contribution in [1.29, 1.82) is 0 Å². The molecule has 28 heavy (non-hydrogen) atoms. The quantitative estimate of drug-likeness (QED) is 0.506. The number of aromatic nitrogens is 2. The highest BCUT2D eigenvalue weighted by atomic mass is 32.2. The number of hydrogen-bond donors (Lipinski definition) is 1. The molecule has 1 N–H and O–H groups in total. The molecule has 2 aromatic carbocycles. The van der Waals surface area contributed by atoms with Crippen molar-refractivity contribution in [1.82, 2.24) is 9.97 Å². The molecule has 0 aliphatic rings. The Kier molecular flexibility index (Phi) is 4.93. The van der Waals surface area contributed by atoms with E-state index in [9.17, 15) is 8.42 Å². The molecule has 140 valence electrons. The fraction of sp³-hybridized carbons (Fsp3) is 0.0476. The van der Waals surface area contributed by atoms with Crippen LogP contribution < -0.4 is 4.72 Å². The van der Waals surface area contributed by atoms with Gasteiger partial charge in [0, 0.05) is 34.6 Å². The molecule has 0 unspecified atom stereocenters. The van der Waals surface area contributed by atoms with Crippen LogP contribution in [0.15, 0.2) is 83.3 Å². The van der Waals surface area contributed by atoms with Crippen LogP contribution in [-0.4, -0.2) is 18.4 Å². The molecule has 7 heteroatoms. The summed E-state index contributed by atoms with van der Waals surface area (Å²) in [4.78, 5) is 8.92. The van der Waals surface area contributed by atoms with Crippen LogP contribution in [0.2, 0.25) is 0 Å². The third kappa shape index (κ3) is 3.95. The number of rotatable bonds is 5. The standard InChI is InChI=1S/C21H17N3O2S2/c1-15-2-8-19(9-3-15)28(25,26)24-18-6-4-16(5-7-18)20-14-27-21(23-20)17-10-12-22-13-11-17/h2-14,24H,1H3. The van der Waals surface area contributed by atoms with Crippen LogP contribution in [0.5, 0.6) is 0 Å². The van der Waals surface area contributed by atoms with Crippen molar-refractivity contribution in [2.75, 3.05) is 4.72 Å². The summed E-state index contributed by atoms with van der Waals surface area (Å²) in [6.07, 6.45) is 3.48. The van der Waals surface area contributed by atoms with Gasteiger partial charge in [0.25, 0.3) is 10.0 Å². The van der Waals surface area contributed by atoms with Crippen molar-refractivity contribution in [3.05, 3.63) is 84.0 Å². The minimum atomic E-state index is -3.61. The van der Waals surface area contributed by atoms with Gasteiger partial charge in [-0.15, -0.1) is 11.3 Å². The molecule has 2 heterocycles. The maximum atomic E-state index is 12.5. The third-order valence-electron chi connectivity index (χ3n) is 4.20. The van der Waals surface area contributed by atoms with Gasteiger partial charge in [-0.25, -0.2) is 13.4 Å². The molecule has 5 nitrogen and oxygen atoms in total. The molecule has 0 aliphatic heterocycles. The molecule has 2 aromatic heterocycles. The van der Waals surface area contributed by atoms with Crippen molar-refractivity contribution >= 4 is 27.0 Å². The van der Waals surface area contributed by atoms with Crippen LogP contribution in [-0.2, 0) is 10.0 Å². The van der Waals surface area contributed by atoms with Crippen LogP contribution in [0, 0.1) is 6.92 Å². The van der Waals surface area contributed by atoms with Crippen LogP contribution >= 0.6 is 11.3 Å². The van der Waals surface area contributed by atoms with Gasteiger partial charge in [0.15, 0.2) is 0 Å². The average molecular weight is 408 g/mol. The molecule has 0 radical (unpaired) electrons. The Morgan fingerprint density at radius 3 is 2.21 bits per heavy atom. The van der Waals surface area contributed by atoms with E-state index < -0.39 is 10.0 Å². The summed E-state index contributed by atoms with van der Waals surface area (Å²) < 4.78 is 27.6. The average Bonchev–Trinajstić information content (AvgIpc) is 3.19. The van der Waals surface area contributed by atoms with Crippen LogP contribution in [0.3, 0.4) is 0 Å². The van der Waals surface area contributed by atoms with Crippen molar-refractivity contribution in [2.45, 2.75) is 11.8 Å². The molecule has 0 fully saturated rings. The lowest BCUT2D eigenvalue weighted by molar-refractivity contribution is 0.601. The number of anilines is 1. The van der Waals surface area contributed by atoms with Gasteiger partial charge in [-0.1, -0.05) is 29.8 Å². The number of benzene rings is 2. The topological polar surface area (TPSA) is 72.0 Å². The lowest BCUT2D eigenvalue weighted by Gasteiger charge is -2.09.